The van der Waals surface area contributed by atoms with E-state index in [2.05, 4.69) is 42.3 Å². The van der Waals surface area contributed by atoms with Crippen molar-refractivity contribution in [2.24, 2.45) is 0 Å². The molecule has 0 aliphatic rings. The summed E-state index contributed by atoms with van der Waals surface area (Å²) in [5.41, 5.74) is 0. The first-order valence-corrected chi connectivity index (χ1v) is 22.9. The van der Waals surface area contributed by atoms with E-state index in [9.17, 15) is 0 Å². The van der Waals surface area contributed by atoms with Gasteiger partial charge in [0, 0.05) is 6.42 Å². The third kappa shape index (κ3) is 29.0. The van der Waals surface area contributed by atoms with Crippen molar-refractivity contribution in [3.8, 4) is 0 Å². The van der Waals surface area contributed by atoms with Gasteiger partial charge in [0.2, 0.25) is 0 Å². The minimum absolute atomic E-state index is 1.23. The Hall–Kier alpha value is -0.790. The standard InChI is InChI=1S/C46H91N2/c1-4-7-10-13-15-17-19-21-23-24-26-28-30-32-34-37-40-43-48-45-44-47(42-39-36-12-9-6-3)46(48)41-38-35-33-31-29-27-25-22-20-18-16-14-11-8-5-2/h44-45H,4-43H2,1-3H3/q+1. The van der Waals surface area contributed by atoms with Gasteiger partial charge in [-0.3, -0.25) is 0 Å². The van der Waals surface area contributed by atoms with Crippen molar-refractivity contribution >= 4 is 0 Å². The van der Waals surface area contributed by atoms with Crippen LogP contribution in [0.25, 0.3) is 0 Å². The second-order valence-corrected chi connectivity index (χ2v) is 15.9. The Bertz CT molecular complexity index is 736. The first kappa shape index (κ1) is 45.2. The normalized spacial score (nSPS) is 11.6. The van der Waals surface area contributed by atoms with Crippen LogP contribution in [0.4, 0.5) is 0 Å². The third-order valence-corrected chi connectivity index (χ3v) is 11.1. The summed E-state index contributed by atoms with van der Waals surface area (Å²) in [5, 5.41) is 0. The highest BCUT2D eigenvalue weighted by Gasteiger charge is 2.16. The minimum atomic E-state index is 1.23. The van der Waals surface area contributed by atoms with Crippen LogP contribution in [-0.4, -0.2) is 4.57 Å². The highest BCUT2D eigenvalue weighted by atomic mass is 15.1. The van der Waals surface area contributed by atoms with Crippen LogP contribution in [0.5, 0.6) is 0 Å². The summed E-state index contributed by atoms with van der Waals surface area (Å²) in [6.07, 6.45) is 59.4. The van der Waals surface area contributed by atoms with Gasteiger partial charge in [0.25, 0.3) is 5.82 Å². The summed E-state index contributed by atoms with van der Waals surface area (Å²) >= 11 is 0. The molecule has 0 saturated heterocycles. The fraction of sp³-hybridized carbons (Fsp3) is 0.935. The summed E-state index contributed by atoms with van der Waals surface area (Å²) in [6.45, 7) is 9.41. The van der Waals surface area contributed by atoms with Crippen molar-refractivity contribution in [1.29, 1.82) is 0 Å². The second-order valence-electron chi connectivity index (χ2n) is 15.9. The molecule has 1 heterocycles. The maximum absolute atomic E-state index is 2.64. The van der Waals surface area contributed by atoms with Crippen LogP contribution in [0.1, 0.15) is 264 Å². The largest absolute Gasteiger partial charge is 0.256 e. The van der Waals surface area contributed by atoms with Crippen LogP contribution in [0.2, 0.25) is 0 Å². The van der Waals surface area contributed by atoms with Crippen LogP contribution in [0, 0.1) is 0 Å². The van der Waals surface area contributed by atoms with Crippen molar-refractivity contribution in [2.45, 2.75) is 278 Å². The smallest absolute Gasteiger partial charge is 0.234 e. The lowest BCUT2D eigenvalue weighted by molar-refractivity contribution is -0.704. The van der Waals surface area contributed by atoms with Gasteiger partial charge in [-0.2, -0.15) is 0 Å². The van der Waals surface area contributed by atoms with Crippen molar-refractivity contribution in [3.05, 3.63) is 18.2 Å². The monoisotopic (exact) mass is 672 g/mol. The predicted octanol–water partition coefficient (Wildman–Crippen LogP) is 15.8. The predicted molar refractivity (Wildman–Crippen MR) is 216 cm³/mol. The second kappa shape index (κ2) is 37.5. The van der Waals surface area contributed by atoms with E-state index in [1.54, 1.807) is 5.82 Å². The first-order chi connectivity index (χ1) is 23.8. The zero-order valence-corrected chi connectivity index (χ0v) is 33.8. The van der Waals surface area contributed by atoms with Gasteiger partial charge in [0.05, 0.1) is 13.1 Å². The average molecular weight is 672 g/mol. The molecule has 0 aliphatic carbocycles. The number of imidazole rings is 1. The molecule has 1 aromatic rings. The highest BCUT2D eigenvalue weighted by Crippen LogP contribution is 2.16. The molecule has 2 heteroatoms. The van der Waals surface area contributed by atoms with Gasteiger partial charge < -0.3 is 0 Å². The van der Waals surface area contributed by atoms with E-state index in [4.69, 9.17) is 0 Å². The lowest BCUT2D eigenvalue weighted by Gasteiger charge is -2.07. The Morgan fingerprint density at radius 1 is 0.354 bits per heavy atom. The summed E-state index contributed by atoms with van der Waals surface area (Å²) in [4.78, 5) is 0. The maximum Gasteiger partial charge on any atom is 0.256 e. The summed E-state index contributed by atoms with van der Waals surface area (Å²) in [6, 6.07) is 0. The molecule has 284 valence electrons. The molecule has 0 amide bonds. The number of unbranched alkanes of at least 4 members (excludes halogenated alkanes) is 34. The molecule has 0 spiro atoms. The van der Waals surface area contributed by atoms with Crippen LogP contribution in [0.15, 0.2) is 12.4 Å². The molecule has 48 heavy (non-hydrogen) atoms. The number of nitrogens with zero attached hydrogens (tertiary/aromatic N) is 2. The van der Waals surface area contributed by atoms with Crippen molar-refractivity contribution in [3.63, 3.8) is 0 Å². The highest BCUT2D eigenvalue weighted by molar-refractivity contribution is 4.84. The Labute approximate surface area is 304 Å². The molecular formula is C46H91N2+. The van der Waals surface area contributed by atoms with Crippen molar-refractivity contribution in [2.75, 3.05) is 0 Å². The summed E-state index contributed by atoms with van der Waals surface area (Å²) < 4.78 is 5.27. The molecule has 0 N–H and O–H groups in total. The van der Waals surface area contributed by atoms with E-state index in [0.29, 0.717) is 0 Å². The quantitative estimate of drug-likeness (QED) is 0.0485. The lowest BCUT2D eigenvalue weighted by Crippen LogP contribution is -2.37. The molecule has 0 fully saturated rings. The van der Waals surface area contributed by atoms with Crippen LogP contribution in [-0.2, 0) is 19.5 Å². The zero-order valence-electron chi connectivity index (χ0n) is 33.8. The summed E-state index contributed by atoms with van der Waals surface area (Å²) in [7, 11) is 0. The molecule has 0 saturated carbocycles. The Kier molecular flexibility index (Phi) is 35.3. The zero-order chi connectivity index (χ0) is 34.4. The number of hydrogen-bond acceptors (Lipinski definition) is 0. The number of aromatic nitrogens is 2. The van der Waals surface area contributed by atoms with E-state index in [0.717, 1.165) is 0 Å². The Morgan fingerprint density at radius 3 is 1.00 bits per heavy atom. The van der Waals surface area contributed by atoms with Gasteiger partial charge in [-0.15, -0.1) is 0 Å². The van der Waals surface area contributed by atoms with E-state index in [1.165, 1.54) is 257 Å². The number of rotatable bonds is 40. The van der Waals surface area contributed by atoms with E-state index < -0.39 is 0 Å². The first-order valence-electron chi connectivity index (χ1n) is 22.9. The third-order valence-electron chi connectivity index (χ3n) is 11.1. The van der Waals surface area contributed by atoms with Gasteiger partial charge in [0.1, 0.15) is 12.4 Å². The van der Waals surface area contributed by atoms with Gasteiger partial charge in [-0.05, 0) is 32.1 Å². The van der Waals surface area contributed by atoms with Gasteiger partial charge >= 0.3 is 0 Å². The molecule has 0 bridgehead atoms. The molecule has 0 atom stereocenters. The molecular weight excluding hydrogens is 581 g/mol. The molecule has 0 unspecified atom stereocenters. The average Bonchev–Trinajstić information content (AvgIpc) is 3.48. The maximum atomic E-state index is 2.64. The lowest BCUT2D eigenvalue weighted by atomic mass is 10.0. The van der Waals surface area contributed by atoms with Crippen molar-refractivity contribution < 1.29 is 4.57 Å². The Balaban J connectivity index is 2.14. The van der Waals surface area contributed by atoms with Crippen LogP contribution < -0.4 is 4.57 Å². The molecule has 0 aliphatic heterocycles. The van der Waals surface area contributed by atoms with E-state index >= 15 is 0 Å². The van der Waals surface area contributed by atoms with E-state index in [-0.39, 0.29) is 0 Å². The minimum Gasteiger partial charge on any atom is -0.234 e. The molecule has 1 rings (SSSR count). The van der Waals surface area contributed by atoms with Gasteiger partial charge in [-0.25, -0.2) is 9.13 Å². The van der Waals surface area contributed by atoms with Gasteiger partial charge in [-0.1, -0.05) is 226 Å². The van der Waals surface area contributed by atoms with Crippen molar-refractivity contribution in [1.82, 2.24) is 4.57 Å². The fourth-order valence-electron chi connectivity index (χ4n) is 7.74. The van der Waals surface area contributed by atoms with Gasteiger partial charge in [0.15, 0.2) is 0 Å². The summed E-state index contributed by atoms with van der Waals surface area (Å²) in [5.74, 6) is 1.62. The Morgan fingerprint density at radius 2 is 0.646 bits per heavy atom. The molecule has 0 aromatic carbocycles. The molecule has 0 radical (unpaired) electrons. The molecule has 1 aromatic heterocycles. The SMILES string of the molecule is CCCCCCCCCCCCCCCCCCCn1cc[n+](CCCCCCC)c1CCCCCCCCCCCCCCCCC. The fourth-order valence-corrected chi connectivity index (χ4v) is 7.74. The van der Waals surface area contributed by atoms with Crippen LogP contribution >= 0.6 is 0 Å². The molecule has 2 nitrogen and oxygen atoms in total. The van der Waals surface area contributed by atoms with Crippen LogP contribution in [0.3, 0.4) is 0 Å². The number of aryl methyl sites for hydroxylation is 2. The number of hydrogen-bond donors (Lipinski definition) is 0. The van der Waals surface area contributed by atoms with E-state index in [1.807, 2.05) is 0 Å². The topological polar surface area (TPSA) is 8.81 Å².